The Bertz CT molecular complexity index is 494. The van der Waals surface area contributed by atoms with Gasteiger partial charge >= 0.3 is 0 Å². The van der Waals surface area contributed by atoms with Gasteiger partial charge in [-0.3, -0.25) is 9.69 Å². The maximum atomic E-state index is 12.2. The van der Waals surface area contributed by atoms with Gasteiger partial charge in [0.15, 0.2) is 0 Å². The first kappa shape index (κ1) is 16.3. The Labute approximate surface area is 131 Å². The van der Waals surface area contributed by atoms with Gasteiger partial charge in [0, 0.05) is 17.6 Å². The molecule has 3 N–H and O–H groups in total. The number of hydrogen-bond acceptors (Lipinski definition) is 3. The van der Waals surface area contributed by atoms with Gasteiger partial charge in [-0.05, 0) is 44.4 Å². The average Bonchev–Trinajstić information content (AvgIpc) is 2.79. The molecule has 0 bridgehead atoms. The lowest BCUT2D eigenvalue weighted by molar-refractivity contribution is -0.123. The van der Waals surface area contributed by atoms with Gasteiger partial charge in [0.25, 0.3) is 0 Å². The van der Waals surface area contributed by atoms with Crippen molar-refractivity contribution in [2.75, 3.05) is 19.6 Å². The fourth-order valence-corrected chi connectivity index (χ4v) is 3.28. The molecular weight excluding hydrogens is 286 g/mol. The highest BCUT2D eigenvalue weighted by atomic mass is 35.5. The van der Waals surface area contributed by atoms with E-state index < -0.39 is 0 Å². The highest BCUT2D eigenvalue weighted by Crippen LogP contribution is 2.23. The normalized spacial score (nSPS) is 24.0. The third-order valence-electron chi connectivity index (χ3n) is 4.22. The lowest BCUT2D eigenvalue weighted by Crippen LogP contribution is -2.40. The van der Waals surface area contributed by atoms with Gasteiger partial charge in [0.05, 0.1) is 12.6 Å². The third-order valence-corrected chi connectivity index (χ3v) is 4.56. The standard InChI is InChI=1S/C16H24ClN3O/c1-11-7-13(8-18)9-20(11)10-16(21)19-12(2)14-5-3-4-6-15(14)17/h3-6,11-13H,7-10,18H2,1-2H3,(H,19,21). The molecule has 3 unspecified atom stereocenters. The summed E-state index contributed by atoms with van der Waals surface area (Å²) in [6.07, 6.45) is 1.07. The molecule has 1 saturated heterocycles. The van der Waals surface area contributed by atoms with Crippen molar-refractivity contribution in [3.63, 3.8) is 0 Å². The number of likely N-dealkylation sites (tertiary alicyclic amines) is 1. The van der Waals surface area contributed by atoms with E-state index in [1.165, 1.54) is 0 Å². The van der Waals surface area contributed by atoms with Crippen LogP contribution < -0.4 is 11.1 Å². The molecule has 1 heterocycles. The largest absolute Gasteiger partial charge is 0.348 e. The third kappa shape index (κ3) is 4.19. The van der Waals surface area contributed by atoms with E-state index in [0.29, 0.717) is 30.1 Å². The molecular formula is C16H24ClN3O. The van der Waals surface area contributed by atoms with E-state index >= 15 is 0 Å². The summed E-state index contributed by atoms with van der Waals surface area (Å²) in [6, 6.07) is 7.93. The Hall–Kier alpha value is -1.10. The number of benzene rings is 1. The van der Waals surface area contributed by atoms with E-state index in [-0.39, 0.29) is 11.9 Å². The summed E-state index contributed by atoms with van der Waals surface area (Å²) in [4.78, 5) is 14.4. The monoisotopic (exact) mass is 309 g/mol. The number of nitrogens with one attached hydrogen (secondary N) is 1. The molecule has 1 fully saturated rings. The van der Waals surface area contributed by atoms with Crippen LogP contribution >= 0.6 is 11.6 Å². The lowest BCUT2D eigenvalue weighted by atomic mass is 10.1. The number of nitrogens with two attached hydrogens (primary N) is 1. The van der Waals surface area contributed by atoms with Crippen molar-refractivity contribution in [2.45, 2.75) is 32.4 Å². The minimum absolute atomic E-state index is 0.0342. The van der Waals surface area contributed by atoms with Crippen molar-refractivity contribution in [3.8, 4) is 0 Å². The highest BCUT2D eigenvalue weighted by Gasteiger charge is 2.29. The van der Waals surface area contributed by atoms with Crippen LogP contribution in [0.2, 0.25) is 5.02 Å². The summed E-state index contributed by atoms with van der Waals surface area (Å²) in [5, 5.41) is 3.70. The summed E-state index contributed by atoms with van der Waals surface area (Å²) in [6.45, 7) is 6.13. The van der Waals surface area contributed by atoms with E-state index in [1.807, 2.05) is 31.2 Å². The molecule has 1 aromatic carbocycles. The van der Waals surface area contributed by atoms with Crippen LogP contribution in [0.1, 0.15) is 31.9 Å². The predicted molar refractivity (Wildman–Crippen MR) is 86.2 cm³/mol. The van der Waals surface area contributed by atoms with Crippen LogP contribution in [-0.2, 0) is 4.79 Å². The molecule has 0 radical (unpaired) electrons. The van der Waals surface area contributed by atoms with Crippen LogP contribution in [0.5, 0.6) is 0 Å². The first-order valence-corrected chi connectivity index (χ1v) is 7.87. The summed E-state index contributed by atoms with van der Waals surface area (Å²) >= 11 is 6.16. The zero-order valence-electron chi connectivity index (χ0n) is 12.7. The van der Waals surface area contributed by atoms with Crippen LogP contribution in [0, 0.1) is 5.92 Å². The summed E-state index contributed by atoms with van der Waals surface area (Å²) < 4.78 is 0. The number of halogens is 1. The average molecular weight is 310 g/mol. The molecule has 4 nitrogen and oxygen atoms in total. The van der Waals surface area contributed by atoms with E-state index in [1.54, 1.807) is 0 Å². The predicted octanol–water partition coefficient (Wildman–Crippen LogP) is 2.19. The zero-order chi connectivity index (χ0) is 15.4. The van der Waals surface area contributed by atoms with Crippen molar-refractivity contribution in [1.82, 2.24) is 10.2 Å². The number of nitrogens with zero attached hydrogens (tertiary/aromatic N) is 1. The quantitative estimate of drug-likeness (QED) is 0.876. The van der Waals surface area contributed by atoms with Crippen LogP contribution in [0.4, 0.5) is 0 Å². The van der Waals surface area contributed by atoms with Gasteiger partial charge in [-0.15, -0.1) is 0 Å². The van der Waals surface area contributed by atoms with Gasteiger partial charge in [0.2, 0.25) is 5.91 Å². The van der Waals surface area contributed by atoms with Crippen molar-refractivity contribution in [2.24, 2.45) is 11.7 Å². The zero-order valence-corrected chi connectivity index (χ0v) is 13.4. The number of rotatable bonds is 5. The second-order valence-corrected chi connectivity index (χ2v) is 6.33. The SMILES string of the molecule is CC(NC(=O)CN1CC(CN)CC1C)c1ccccc1Cl. The Kier molecular flexibility index (Phi) is 5.62. The summed E-state index contributed by atoms with van der Waals surface area (Å²) in [7, 11) is 0. The molecule has 0 saturated carbocycles. The van der Waals surface area contributed by atoms with Crippen molar-refractivity contribution in [3.05, 3.63) is 34.9 Å². The van der Waals surface area contributed by atoms with Crippen molar-refractivity contribution in [1.29, 1.82) is 0 Å². The molecule has 1 aliphatic heterocycles. The minimum Gasteiger partial charge on any atom is -0.348 e. The highest BCUT2D eigenvalue weighted by molar-refractivity contribution is 6.31. The van der Waals surface area contributed by atoms with Crippen LogP contribution in [0.25, 0.3) is 0 Å². The molecule has 0 aliphatic carbocycles. The smallest absolute Gasteiger partial charge is 0.234 e. The van der Waals surface area contributed by atoms with Gasteiger partial charge in [0.1, 0.15) is 0 Å². The molecule has 0 aromatic heterocycles. The summed E-state index contributed by atoms with van der Waals surface area (Å²) in [5.41, 5.74) is 6.67. The van der Waals surface area contributed by atoms with Gasteiger partial charge in [-0.25, -0.2) is 0 Å². The van der Waals surface area contributed by atoms with E-state index in [0.717, 1.165) is 18.5 Å². The van der Waals surface area contributed by atoms with Crippen LogP contribution in [-0.4, -0.2) is 36.5 Å². The summed E-state index contributed by atoms with van der Waals surface area (Å²) in [5.74, 6) is 0.542. The Balaban J connectivity index is 1.89. The first-order chi connectivity index (χ1) is 10.0. The van der Waals surface area contributed by atoms with Crippen molar-refractivity contribution < 1.29 is 4.79 Å². The van der Waals surface area contributed by atoms with Crippen LogP contribution in [0.3, 0.4) is 0 Å². The van der Waals surface area contributed by atoms with E-state index in [4.69, 9.17) is 17.3 Å². The van der Waals surface area contributed by atoms with Gasteiger partial charge < -0.3 is 11.1 Å². The molecule has 1 aliphatic rings. The van der Waals surface area contributed by atoms with Gasteiger partial charge in [-0.2, -0.15) is 0 Å². The number of carbonyl (C=O) groups excluding carboxylic acids is 1. The minimum atomic E-state index is -0.0885. The maximum absolute atomic E-state index is 12.2. The van der Waals surface area contributed by atoms with Gasteiger partial charge in [-0.1, -0.05) is 29.8 Å². The Morgan fingerprint density at radius 3 is 2.86 bits per heavy atom. The Morgan fingerprint density at radius 2 is 2.24 bits per heavy atom. The molecule has 1 amide bonds. The topological polar surface area (TPSA) is 58.4 Å². The maximum Gasteiger partial charge on any atom is 0.234 e. The molecule has 116 valence electrons. The number of amides is 1. The fourth-order valence-electron chi connectivity index (χ4n) is 2.98. The molecule has 0 spiro atoms. The molecule has 1 aromatic rings. The van der Waals surface area contributed by atoms with Crippen molar-refractivity contribution >= 4 is 17.5 Å². The Morgan fingerprint density at radius 1 is 1.52 bits per heavy atom. The fraction of sp³-hybridized carbons (Fsp3) is 0.562. The number of carbonyl (C=O) groups is 1. The molecule has 21 heavy (non-hydrogen) atoms. The lowest BCUT2D eigenvalue weighted by Gasteiger charge is -2.22. The molecule has 3 atom stereocenters. The molecule has 2 rings (SSSR count). The second kappa shape index (κ2) is 7.25. The number of hydrogen-bond donors (Lipinski definition) is 2. The van der Waals surface area contributed by atoms with E-state index in [9.17, 15) is 4.79 Å². The first-order valence-electron chi connectivity index (χ1n) is 7.49. The second-order valence-electron chi connectivity index (χ2n) is 5.93. The molecule has 5 heteroatoms. The van der Waals surface area contributed by atoms with E-state index in [2.05, 4.69) is 17.1 Å². The van der Waals surface area contributed by atoms with Crippen LogP contribution in [0.15, 0.2) is 24.3 Å².